The van der Waals surface area contributed by atoms with E-state index in [0.29, 0.717) is 16.5 Å². The van der Waals surface area contributed by atoms with Crippen molar-refractivity contribution in [3.05, 3.63) is 48.5 Å². The maximum Gasteiger partial charge on any atom is 0.416 e. The number of halogens is 1. The fourth-order valence-corrected chi connectivity index (χ4v) is 5.82. The molecule has 0 spiro atoms. The summed E-state index contributed by atoms with van der Waals surface area (Å²) in [7, 11) is -7.33. The summed E-state index contributed by atoms with van der Waals surface area (Å²) in [4.78, 5) is 15.6. The second-order valence-corrected chi connectivity index (χ2v) is 11.2. The molecule has 0 amide bonds. The molecule has 0 bridgehead atoms. The van der Waals surface area contributed by atoms with Gasteiger partial charge in [-0.3, -0.25) is 4.57 Å². The summed E-state index contributed by atoms with van der Waals surface area (Å²) in [6.45, 7) is 0.135. The third-order valence-electron chi connectivity index (χ3n) is 5.29. The van der Waals surface area contributed by atoms with Crippen LogP contribution in [0.25, 0.3) is 22.0 Å². The highest BCUT2D eigenvalue weighted by atomic mass is 32.2. The Labute approximate surface area is 183 Å². The van der Waals surface area contributed by atoms with Gasteiger partial charge < -0.3 is 5.11 Å². The maximum atomic E-state index is 13.6. The molecule has 2 aromatic heterocycles. The van der Waals surface area contributed by atoms with Crippen molar-refractivity contribution in [2.75, 3.05) is 32.4 Å². The molecule has 10 nitrogen and oxygen atoms in total. The van der Waals surface area contributed by atoms with E-state index >= 15 is 0 Å². The molecule has 0 saturated carbocycles. The fraction of sp³-hybridized carbons (Fsp3) is 0.263. The number of nitrogens with zero attached hydrogens (tertiary/aromatic N) is 4. The number of sulfonamides is 2. The van der Waals surface area contributed by atoms with Gasteiger partial charge in [-0.1, -0.05) is 0 Å². The minimum atomic E-state index is -3.93. The van der Waals surface area contributed by atoms with Crippen LogP contribution in [0.4, 0.5) is 9.18 Å². The Balaban J connectivity index is 1.64. The highest BCUT2D eigenvalue weighted by molar-refractivity contribution is 7.89. The van der Waals surface area contributed by atoms with E-state index in [0.717, 1.165) is 16.9 Å². The smallest absolute Gasteiger partial charge is 0.416 e. The molecule has 0 radical (unpaired) electrons. The van der Waals surface area contributed by atoms with E-state index in [4.69, 9.17) is 0 Å². The van der Waals surface area contributed by atoms with Crippen LogP contribution in [0.3, 0.4) is 0 Å². The van der Waals surface area contributed by atoms with Gasteiger partial charge in [0, 0.05) is 55.1 Å². The zero-order valence-corrected chi connectivity index (χ0v) is 18.5. The lowest BCUT2D eigenvalue weighted by molar-refractivity contribution is 0.197. The van der Waals surface area contributed by atoms with Gasteiger partial charge in [0.05, 0.1) is 11.8 Å². The van der Waals surface area contributed by atoms with E-state index < -0.39 is 32.0 Å². The van der Waals surface area contributed by atoms with Gasteiger partial charge in [-0.05, 0) is 30.3 Å². The lowest BCUT2D eigenvalue weighted by atomic mass is 10.1. The molecular weight excluding hydrogens is 463 g/mol. The van der Waals surface area contributed by atoms with Gasteiger partial charge in [0.2, 0.25) is 10.0 Å². The van der Waals surface area contributed by atoms with Gasteiger partial charge in [0.1, 0.15) is 5.82 Å². The SMILES string of the molecule is CS(=O)(=O)N1CCN(S(=O)(=O)c2ccc(-c3cn(C(=O)O)c4cc(F)ccc34)cn2)CC1. The first-order chi connectivity index (χ1) is 15.0. The number of aromatic nitrogens is 2. The highest BCUT2D eigenvalue weighted by Crippen LogP contribution is 2.31. The van der Waals surface area contributed by atoms with Crippen molar-refractivity contribution in [1.82, 2.24) is 18.2 Å². The van der Waals surface area contributed by atoms with Gasteiger partial charge in [-0.2, -0.15) is 8.61 Å². The van der Waals surface area contributed by atoms with Crippen molar-refractivity contribution in [2.24, 2.45) is 0 Å². The number of fused-ring (bicyclic) bond motifs is 1. The molecule has 1 N–H and O–H groups in total. The first kappa shape index (κ1) is 22.3. The Morgan fingerprint density at radius 2 is 1.69 bits per heavy atom. The van der Waals surface area contributed by atoms with E-state index in [9.17, 15) is 31.1 Å². The van der Waals surface area contributed by atoms with Crippen LogP contribution in [0.1, 0.15) is 0 Å². The van der Waals surface area contributed by atoms with E-state index in [1.54, 1.807) is 0 Å². The average Bonchev–Trinajstić information content (AvgIpc) is 3.12. The highest BCUT2D eigenvalue weighted by Gasteiger charge is 2.32. The van der Waals surface area contributed by atoms with Crippen molar-refractivity contribution in [3.8, 4) is 11.1 Å². The molecule has 0 unspecified atom stereocenters. The monoisotopic (exact) mass is 482 g/mol. The Hall–Kier alpha value is -2.87. The second-order valence-electron chi connectivity index (χ2n) is 7.31. The maximum absolute atomic E-state index is 13.6. The minimum Gasteiger partial charge on any atom is -0.464 e. The number of carboxylic acid groups (broad SMARTS) is 1. The molecule has 13 heteroatoms. The molecule has 170 valence electrons. The Morgan fingerprint density at radius 1 is 1.03 bits per heavy atom. The van der Waals surface area contributed by atoms with E-state index in [-0.39, 0.29) is 36.7 Å². The van der Waals surface area contributed by atoms with Crippen molar-refractivity contribution < 1.29 is 31.1 Å². The molecule has 1 saturated heterocycles. The second kappa shape index (κ2) is 7.92. The third kappa shape index (κ3) is 3.99. The standard InChI is InChI=1S/C19H19FN4O6S2/c1-31(27,28)22-6-8-23(9-7-22)32(29,30)18-5-2-13(11-21-18)16-12-24(19(25)26)17-10-14(20)3-4-15(16)17/h2-5,10-12H,6-9H2,1H3,(H,25,26). The van der Waals surface area contributed by atoms with Crippen molar-refractivity contribution in [2.45, 2.75) is 5.03 Å². The first-order valence-electron chi connectivity index (χ1n) is 9.44. The number of piperazine rings is 1. The fourth-order valence-electron chi connectivity index (χ4n) is 3.65. The van der Waals surface area contributed by atoms with Crippen LogP contribution in [-0.4, -0.2) is 78.6 Å². The largest absolute Gasteiger partial charge is 0.464 e. The summed E-state index contributed by atoms with van der Waals surface area (Å²) in [6, 6.07) is 6.57. The first-order valence-corrected chi connectivity index (χ1v) is 12.7. The molecule has 0 aliphatic carbocycles. The average molecular weight is 483 g/mol. The molecule has 32 heavy (non-hydrogen) atoms. The van der Waals surface area contributed by atoms with Gasteiger partial charge in [-0.15, -0.1) is 0 Å². The quantitative estimate of drug-likeness (QED) is 0.598. The molecule has 1 aromatic carbocycles. The van der Waals surface area contributed by atoms with Crippen LogP contribution < -0.4 is 0 Å². The number of rotatable bonds is 4. The summed E-state index contributed by atoms with van der Waals surface area (Å²) in [5.41, 5.74) is 1.08. The summed E-state index contributed by atoms with van der Waals surface area (Å²) in [6.07, 6.45) is 2.42. The molecular formula is C19H19FN4O6S2. The number of benzene rings is 1. The summed E-state index contributed by atoms with van der Waals surface area (Å²) < 4.78 is 66.0. The molecule has 1 fully saturated rings. The Morgan fingerprint density at radius 3 is 2.25 bits per heavy atom. The van der Waals surface area contributed by atoms with Crippen LogP contribution in [-0.2, 0) is 20.0 Å². The molecule has 3 heterocycles. The van der Waals surface area contributed by atoms with E-state index in [1.807, 2.05) is 0 Å². The summed E-state index contributed by atoms with van der Waals surface area (Å²) >= 11 is 0. The zero-order chi connectivity index (χ0) is 23.3. The van der Waals surface area contributed by atoms with E-state index in [2.05, 4.69) is 4.98 Å². The predicted molar refractivity (Wildman–Crippen MR) is 114 cm³/mol. The van der Waals surface area contributed by atoms with Crippen LogP contribution in [0.15, 0.2) is 47.8 Å². The zero-order valence-electron chi connectivity index (χ0n) is 16.8. The molecule has 4 rings (SSSR count). The normalized spacial score (nSPS) is 16.4. The van der Waals surface area contributed by atoms with Crippen LogP contribution in [0.2, 0.25) is 0 Å². The number of carbonyl (C=O) groups is 1. The molecule has 1 aliphatic heterocycles. The van der Waals surface area contributed by atoms with Crippen LogP contribution >= 0.6 is 0 Å². The number of hydrogen-bond donors (Lipinski definition) is 1. The van der Waals surface area contributed by atoms with Crippen molar-refractivity contribution in [3.63, 3.8) is 0 Å². The number of hydrogen-bond acceptors (Lipinski definition) is 6. The lowest BCUT2D eigenvalue weighted by Crippen LogP contribution is -2.50. The Kier molecular flexibility index (Phi) is 5.53. The molecule has 3 aromatic rings. The lowest BCUT2D eigenvalue weighted by Gasteiger charge is -2.32. The molecule has 1 aliphatic rings. The molecule has 0 atom stereocenters. The van der Waals surface area contributed by atoms with Crippen LogP contribution in [0, 0.1) is 5.82 Å². The van der Waals surface area contributed by atoms with Gasteiger partial charge in [0.15, 0.2) is 5.03 Å². The minimum absolute atomic E-state index is 0.0104. The van der Waals surface area contributed by atoms with Gasteiger partial charge >= 0.3 is 6.09 Å². The third-order valence-corrected chi connectivity index (χ3v) is 8.41. The van der Waals surface area contributed by atoms with Crippen molar-refractivity contribution in [1.29, 1.82) is 0 Å². The summed E-state index contributed by atoms with van der Waals surface area (Å²) in [5, 5.41) is 9.67. The van der Waals surface area contributed by atoms with Gasteiger partial charge in [-0.25, -0.2) is 31.0 Å². The Bertz CT molecular complexity index is 1410. The summed E-state index contributed by atoms with van der Waals surface area (Å²) in [5.74, 6) is -0.583. The van der Waals surface area contributed by atoms with Crippen LogP contribution in [0.5, 0.6) is 0 Å². The van der Waals surface area contributed by atoms with Gasteiger partial charge in [0.25, 0.3) is 10.0 Å². The predicted octanol–water partition coefficient (Wildman–Crippen LogP) is 1.63. The topological polar surface area (TPSA) is 130 Å². The number of pyridine rings is 1. The van der Waals surface area contributed by atoms with Crippen molar-refractivity contribution >= 4 is 37.0 Å². The van der Waals surface area contributed by atoms with E-state index in [1.165, 1.54) is 45.3 Å².